The molecule has 118 valence electrons. The van der Waals surface area contributed by atoms with E-state index in [1.165, 1.54) is 18.7 Å². The number of aromatic hydroxyl groups is 1. The highest BCUT2D eigenvalue weighted by molar-refractivity contribution is 6.02. The fraction of sp³-hybridized carbons (Fsp3) is 0.438. The Balaban J connectivity index is 2.09. The van der Waals surface area contributed by atoms with Gasteiger partial charge in [-0.15, -0.1) is 0 Å². The molecule has 6 nitrogen and oxygen atoms in total. The van der Waals surface area contributed by atoms with Crippen LogP contribution in [0.1, 0.15) is 23.7 Å². The van der Waals surface area contributed by atoms with Gasteiger partial charge in [0.05, 0.1) is 24.4 Å². The Kier molecular flexibility index (Phi) is 3.70. The largest absolute Gasteiger partial charge is 0.504 e. The van der Waals surface area contributed by atoms with Gasteiger partial charge in [0.25, 0.3) is 5.91 Å². The number of ether oxygens (including phenoxy) is 2. The minimum atomic E-state index is -0.324. The average molecular weight is 304 g/mol. The van der Waals surface area contributed by atoms with Crippen molar-refractivity contribution in [2.45, 2.75) is 25.6 Å². The lowest BCUT2D eigenvalue weighted by atomic mass is 10.1. The Morgan fingerprint density at radius 3 is 2.82 bits per heavy atom. The SMILES string of the molecule is C/C=C1\CC2C(OC)Nc3cc(O)c(OC)cc3C(=O)N2C1. The molecule has 0 saturated carbocycles. The standard InChI is InChI=1S/C16H20N2O4/c1-4-9-5-12-15(22-3)17-11-7-13(19)14(21-2)6-10(11)16(20)18(12)8-9/h4,6-7,12,15,17,19H,5,8H2,1-3H3/b9-4+. The Labute approximate surface area is 129 Å². The lowest BCUT2D eigenvalue weighted by Crippen LogP contribution is -2.44. The van der Waals surface area contributed by atoms with E-state index in [1.54, 1.807) is 13.2 Å². The Morgan fingerprint density at radius 2 is 2.18 bits per heavy atom. The van der Waals surface area contributed by atoms with E-state index in [4.69, 9.17) is 9.47 Å². The quantitative estimate of drug-likeness (QED) is 0.817. The number of methoxy groups -OCH3 is 2. The van der Waals surface area contributed by atoms with E-state index in [1.807, 2.05) is 17.9 Å². The number of nitrogens with zero attached hydrogens (tertiary/aromatic N) is 1. The van der Waals surface area contributed by atoms with Gasteiger partial charge in [-0.2, -0.15) is 0 Å². The summed E-state index contributed by atoms with van der Waals surface area (Å²) in [5.74, 6) is 0.196. The number of carbonyl (C=O) groups is 1. The molecule has 2 atom stereocenters. The molecule has 6 heteroatoms. The molecule has 1 fully saturated rings. The number of phenols is 1. The fourth-order valence-electron chi connectivity index (χ4n) is 3.13. The number of fused-ring (bicyclic) bond motifs is 2. The zero-order valence-electron chi connectivity index (χ0n) is 12.9. The van der Waals surface area contributed by atoms with Crippen LogP contribution in [0, 0.1) is 0 Å². The molecule has 2 aliphatic rings. The van der Waals surface area contributed by atoms with Crippen molar-refractivity contribution in [3.63, 3.8) is 0 Å². The van der Waals surface area contributed by atoms with Crippen molar-refractivity contribution < 1.29 is 19.4 Å². The maximum atomic E-state index is 12.9. The minimum Gasteiger partial charge on any atom is -0.504 e. The van der Waals surface area contributed by atoms with Gasteiger partial charge in [-0.05, 0) is 19.4 Å². The monoisotopic (exact) mass is 304 g/mol. The number of allylic oxidation sites excluding steroid dienone is 1. The number of anilines is 1. The first-order valence-electron chi connectivity index (χ1n) is 7.24. The smallest absolute Gasteiger partial charge is 0.256 e. The zero-order valence-corrected chi connectivity index (χ0v) is 12.9. The third kappa shape index (κ3) is 2.20. The second-order valence-corrected chi connectivity index (χ2v) is 5.52. The number of amides is 1. The molecule has 0 spiro atoms. The first-order chi connectivity index (χ1) is 10.6. The first-order valence-corrected chi connectivity index (χ1v) is 7.24. The van der Waals surface area contributed by atoms with Gasteiger partial charge >= 0.3 is 0 Å². The molecule has 0 bridgehead atoms. The van der Waals surface area contributed by atoms with Crippen molar-refractivity contribution in [1.82, 2.24) is 4.90 Å². The summed E-state index contributed by atoms with van der Waals surface area (Å²) < 4.78 is 10.7. The number of phenolic OH excluding ortho intramolecular Hbond substituents is 1. The molecule has 2 unspecified atom stereocenters. The molecule has 22 heavy (non-hydrogen) atoms. The van der Waals surface area contributed by atoms with Crippen LogP contribution < -0.4 is 10.1 Å². The minimum absolute atomic E-state index is 0.00685. The summed E-state index contributed by atoms with van der Waals surface area (Å²) in [6.45, 7) is 2.58. The summed E-state index contributed by atoms with van der Waals surface area (Å²) in [6, 6.07) is 3.02. The van der Waals surface area contributed by atoms with Gasteiger partial charge in [-0.1, -0.05) is 11.6 Å². The van der Waals surface area contributed by atoms with Crippen LogP contribution in [0.5, 0.6) is 11.5 Å². The van der Waals surface area contributed by atoms with E-state index in [-0.39, 0.29) is 29.7 Å². The van der Waals surface area contributed by atoms with Crippen molar-refractivity contribution in [1.29, 1.82) is 0 Å². The third-order valence-corrected chi connectivity index (χ3v) is 4.36. The normalized spacial score (nSPS) is 25.5. The summed E-state index contributed by atoms with van der Waals surface area (Å²) in [7, 11) is 3.08. The van der Waals surface area contributed by atoms with Crippen LogP contribution in [0.2, 0.25) is 0 Å². The molecule has 0 radical (unpaired) electrons. The molecule has 0 aliphatic carbocycles. The van der Waals surface area contributed by atoms with Crippen molar-refractivity contribution in [2.24, 2.45) is 0 Å². The highest BCUT2D eigenvalue weighted by atomic mass is 16.5. The van der Waals surface area contributed by atoms with E-state index in [9.17, 15) is 9.90 Å². The number of benzene rings is 1. The van der Waals surface area contributed by atoms with Crippen LogP contribution in [0.15, 0.2) is 23.8 Å². The molecule has 2 N–H and O–H groups in total. The van der Waals surface area contributed by atoms with E-state index in [2.05, 4.69) is 5.32 Å². The van der Waals surface area contributed by atoms with Crippen LogP contribution in [0.4, 0.5) is 5.69 Å². The molecule has 2 heterocycles. The molecule has 1 amide bonds. The molecule has 2 aliphatic heterocycles. The summed E-state index contributed by atoms with van der Waals surface area (Å²) in [5, 5.41) is 13.2. The summed E-state index contributed by atoms with van der Waals surface area (Å²) in [6.07, 6.45) is 2.51. The maximum Gasteiger partial charge on any atom is 0.256 e. The van der Waals surface area contributed by atoms with Crippen LogP contribution in [0.25, 0.3) is 0 Å². The lowest BCUT2D eigenvalue weighted by molar-refractivity contribution is 0.0420. The number of hydrogen-bond acceptors (Lipinski definition) is 5. The predicted molar refractivity (Wildman–Crippen MR) is 82.3 cm³/mol. The van der Waals surface area contributed by atoms with Gasteiger partial charge in [0.15, 0.2) is 11.5 Å². The number of hydrogen-bond donors (Lipinski definition) is 2. The van der Waals surface area contributed by atoms with E-state index in [0.29, 0.717) is 17.8 Å². The van der Waals surface area contributed by atoms with Crippen LogP contribution >= 0.6 is 0 Å². The van der Waals surface area contributed by atoms with Crippen molar-refractivity contribution in [3.05, 3.63) is 29.3 Å². The second kappa shape index (κ2) is 5.53. The Bertz CT molecular complexity index is 641. The highest BCUT2D eigenvalue weighted by Crippen LogP contribution is 2.38. The van der Waals surface area contributed by atoms with E-state index < -0.39 is 0 Å². The predicted octanol–water partition coefficient (Wildman–Crippen LogP) is 1.96. The van der Waals surface area contributed by atoms with Crippen LogP contribution in [-0.2, 0) is 4.74 Å². The molecular weight excluding hydrogens is 284 g/mol. The second-order valence-electron chi connectivity index (χ2n) is 5.52. The van der Waals surface area contributed by atoms with Gasteiger partial charge in [-0.25, -0.2) is 0 Å². The molecular formula is C16H20N2O4. The van der Waals surface area contributed by atoms with Crippen molar-refractivity contribution in [3.8, 4) is 11.5 Å². The van der Waals surface area contributed by atoms with Gasteiger partial charge in [0, 0.05) is 19.7 Å². The molecule has 1 aromatic rings. The third-order valence-electron chi connectivity index (χ3n) is 4.36. The summed E-state index contributed by atoms with van der Waals surface area (Å²) >= 11 is 0. The summed E-state index contributed by atoms with van der Waals surface area (Å²) in [4.78, 5) is 14.7. The molecule has 1 saturated heterocycles. The van der Waals surface area contributed by atoms with E-state index >= 15 is 0 Å². The first kappa shape index (κ1) is 14.7. The Morgan fingerprint density at radius 1 is 1.41 bits per heavy atom. The number of rotatable bonds is 2. The molecule has 3 rings (SSSR count). The molecule has 0 aromatic heterocycles. The zero-order chi connectivity index (χ0) is 15.9. The van der Waals surface area contributed by atoms with Gasteiger partial charge in [0.1, 0.15) is 6.23 Å². The van der Waals surface area contributed by atoms with E-state index in [0.717, 1.165) is 6.42 Å². The molecule has 1 aromatic carbocycles. The Hall–Kier alpha value is -2.21. The van der Waals surface area contributed by atoms with Crippen LogP contribution in [-0.4, -0.2) is 48.9 Å². The highest BCUT2D eigenvalue weighted by Gasteiger charge is 2.41. The van der Waals surface area contributed by atoms with Crippen LogP contribution in [0.3, 0.4) is 0 Å². The topological polar surface area (TPSA) is 71.0 Å². The maximum absolute atomic E-state index is 12.9. The van der Waals surface area contributed by atoms with Gasteiger partial charge in [0.2, 0.25) is 0 Å². The number of carbonyl (C=O) groups excluding carboxylic acids is 1. The fourth-order valence-corrected chi connectivity index (χ4v) is 3.13. The van der Waals surface area contributed by atoms with Gasteiger partial charge < -0.3 is 24.8 Å². The van der Waals surface area contributed by atoms with Crippen molar-refractivity contribution in [2.75, 3.05) is 26.1 Å². The average Bonchev–Trinajstić information content (AvgIpc) is 2.92. The lowest BCUT2D eigenvalue weighted by Gasteiger charge is -2.27. The number of nitrogens with one attached hydrogen (secondary N) is 1. The van der Waals surface area contributed by atoms with Gasteiger partial charge in [-0.3, -0.25) is 4.79 Å². The summed E-state index contributed by atoms with van der Waals surface area (Å²) in [5.41, 5.74) is 2.26. The van der Waals surface area contributed by atoms with Crippen molar-refractivity contribution >= 4 is 11.6 Å².